The van der Waals surface area contributed by atoms with Crippen molar-refractivity contribution in [2.45, 2.75) is 18.9 Å². The molecule has 0 bridgehead atoms. The number of rotatable bonds is 1. The van der Waals surface area contributed by atoms with Crippen molar-refractivity contribution in [1.29, 1.82) is 0 Å². The third-order valence-corrected chi connectivity index (χ3v) is 1.53. The van der Waals surface area contributed by atoms with Crippen molar-refractivity contribution in [2.24, 2.45) is 5.73 Å². The fourth-order valence-electron chi connectivity index (χ4n) is 0.568. The Hall–Kier alpha value is -0.620. The number of hydrogen-bond acceptors (Lipinski definition) is 2. The predicted octanol–water partition coefficient (Wildman–Crippen LogP) is -0.639. The number of hydrogen-bond donors (Lipinski definition) is 4. The van der Waals surface area contributed by atoms with Crippen LogP contribution in [0.15, 0.2) is 0 Å². The van der Waals surface area contributed by atoms with E-state index in [9.17, 15) is 0 Å². The highest BCUT2D eigenvalue weighted by atomic mass is 32.1. The molecule has 0 aliphatic heterocycles. The summed E-state index contributed by atoms with van der Waals surface area (Å²) >= 11 is 9.45. The van der Waals surface area contributed by atoms with Gasteiger partial charge in [0, 0.05) is 6.04 Å². The van der Waals surface area contributed by atoms with Crippen LogP contribution in [0.4, 0.5) is 0 Å². The first-order chi connectivity index (χ1) is 5.18. The second kappa shape index (κ2) is 3.68. The summed E-state index contributed by atoms with van der Waals surface area (Å²) in [6, 6.07) is 0.545. The minimum absolute atomic E-state index is 0.185. The van der Waals surface area contributed by atoms with Crippen LogP contribution in [0.3, 0.4) is 0 Å². The second-order valence-electron chi connectivity index (χ2n) is 2.36. The molecule has 11 heavy (non-hydrogen) atoms. The van der Waals surface area contributed by atoms with Crippen LogP contribution in [-0.2, 0) is 0 Å². The molecule has 1 aliphatic rings. The number of thiocarbonyl (C=S) groups is 2. The molecular weight excluding hydrogens is 180 g/mol. The molecule has 62 valence electrons. The number of nitrogens with two attached hydrogens (primary N) is 1. The first-order valence-corrected chi connectivity index (χ1v) is 4.12. The standard InChI is InChI=1S/C5H10N4S2/c6-4(10)8-9-5(11)7-3-1-2-3/h3H,1-2H2,(H3,6,8,10)(H2,7,9,11). The molecule has 0 saturated heterocycles. The van der Waals surface area contributed by atoms with E-state index < -0.39 is 0 Å². The van der Waals surface area contributed by atoms with Crippen molar-refractivity contribution in [2.75, 3.05) is 0 Å². The highest BCUT2D eigenvalue weighted by molar-refractivity contribution is 7.80. The maximum absolute atomic E-state index is 5.16. The largest absolute Gasteiger partial charge is 0.375 e. The lowest BCUT2D eigenvalue weighted by Gasteiger charge is -2.09. The van der Waals surface area contributed by atoms with Gasteiger partial charge in [-0.1, -0.05) is 0 Å². The Kier molecular flexibility index (Phi) is 2.84. The van der Waals surface area contributed by atoms with Gasteiger partial charge < -0.3 is 11.1 Å². The maximum Gasteiger partial charge on any atom is 0.185 e. The van der Waals surface area contributed by atoms with Gasteiger partial charge >= 0.3 is 0 Å². The summed E-state index contributed by atoms with van der Waals surface area (Å²) in [5.74, 6) is 0. The lowest BCUT2D eigenvalue weighted by molar-refractivity contribution is 0.803. The van der Waals surface area contributed by atoms with Crippen molar-refractivity contribution in [1.82, 2.24) is 16.2 Å². The van der Waals surface area contributed by atoms with E-state index in [1.54, 1.807) is 0 Å². The van der Waals surface area contributed by atoms with Crippen LogP contribution in [0, 0.1) is 0 Å². The summed E-state index contributed by atoms with van der Waals surface area (Å²) in [5, 5.41) is 3.78. The molecule has 0 radical (unpaired) electrons. The van der Waals surface area contributed by atoms with Crippen LogP contribution in [0.25, 0.3) is 0 Å². The van der Waals surface area contributed by atoms with Gasteiger partial charge in [0.2, 0.25) is 0 Å². The summed E-state index contributed by atoms with van der Waals surface area (Å²) in [6.45, 7) is 0. The summed E-state index contributed by atoms with van der Waals surface area (Å²) in [7, 11) is 0. The van der Waals surface area contributed by atoms with Crippen molar-refractivity contribution >= 4 is 34.7 Å². The minimum Gasteiger partial charge on any atom is -0.375 e. The molecule has 0 aromatic rings. The van der Waals surface area contributed by atoms with Gasteiger partial charge in [0.15, 0.2) is 10.2 Å². The SMILES string of the molecule is NC(=S)NNC(=S)NC1CC1. The van der Waals surface area contributed by atoms with E-state index in [4.69, 9.17) is 18.0 Å². The quantitative estimate of drug-likeness (QED) is 0.326. The predicted molar refractivity (Wildman–Crippen MR) is 51.8 cm³/mol. The average molecular weight is 190 g/mol. The molecule has 0 aromatic carbocycles. The molecule has 5 N–H and O–H groups in total. The first kappa shape index (κ1) is 8.48. The second-order valence-corrected chi connectivity index (χ2v) is 3.21. The van der Waals surface area contributed by atoms with Gasteiger partial charge in [0.05, 0.1) is 0 Å². The van der Waals surface area contributed by atoms with Crippen molar-refractivity contribution in [3.8, 4) is 0 Å². The van der Waals surface area contributed by atoms with Gasteiger partial charge in [-0.25, -0.2) is 0 Å². The average Bonchev–Trinajstić information content (AvgIpc) is 2.67. The molecule has 0 atom stereocenters. The third kappa shape index (κ3) is 3.94. The Morgan fingerprint density at radius 2 is 1.91 bits per heavy atom. The van der Waals surface area contributed by atoms with E-state index >= 15 is 0 Å². The molecule has 1 rings (SSSR count). The molecule has 0 heterocycles. The zero-order valence-electron chi connectivity index (χ0n) is 5.89. The number of hydrazine groups is 1. The van der Waals surface area contributed by atoms with Crippen molar-refractivity contribution < 1.29 is 0 Å². The smallest absolute Gasteiger partial charge is 0.185 e. The topological polar surface area (TPSA) is 62.1 Å². The molecule has 0 amide bonds. The Morgan fingerprint density at radius 1 is 1.27 bits per heavy atom. The van der Waals surface area contributed by atoms with Crippen LogP contribution >= 0.6 is 24.4 Å². The molecule has 1 aliphatic carbocycles. The minimum atomic E-state index is 0.185. The van der Waals surface area contributed by atoms with Crippen LogP contribution in [0.5, 0.6) is 0 Å². The van der Waals surface area contributed by atoms with Gasteiger partial charge in [0.1, 0.15) is 0 Å². The van der Waals surface area contributed by atoms with Gasteiger partial charge in [0.25, 0.3) is 0 Å². The van der Waals surface area contributed by atoms with Crippen molar-refractivity contribution in [3.63, 3.8) is 0 Å². The fourth-order valence-corrected chi connectivity index (χ4v) is 0.836. The lowest BCUT2D eigenvalue weighted by Crippen LogP contribution is -2.49. The summed E-state index contributed by atoms with van der Waals surface area (Å²) in [5.41, 5.74) is 10.3. The zero-order chi connectivity index (χ0) is 8.27. The molecular formula is C5H10N4S2. The molecule has 0 unspecified atom stereocenters. The Labute approximate surface area is 75.9 Å². The van der Waals surface area contributed by atoms with Gasteiger partial charge in [-0.2, -0.15) is 0 Å². The fraction of sp³-hybridized carbons (Fsp3) is 0.600. The normalized spacial score (nSPS) is 15.3. The molecule has 6 heteroatoms. The highest BCUT2D eigenvalue weighted by Crippen LogP contribution is 2.17. The van der Waals surface area contributed by atoms with E-state index in [0.29, 0.717) is 11.2 Å². The van der Waals surface area contributed by atoms with Gasteiger partial charge in [-0.05, 0) is 37.3 Å². The molecule has 1 saturated carbocycles. The monoisotopic (exact) mass is 190 g/mol. The van der Waals surface area contributed by atoms with Gasteiger partial charge in [-0.3, -0.25) is 10.9 Å². The van der Waals surface area contributed by atoms with E-state index in [0.717, 1.165) is 0 Å². The Bertz CT molecular complexity index is 177. The maximum atomic E-state index is 5.16. The van der Waals surface area contributed by atoms with Crippen molar-refractivity contribution in [3.05, 3.63) is 0 Å². The van der Waals surface area contributed by atoms with E-state index in [1.165, 1.54) is 12.8 Å². The van der Waals surface area contributed by atoms with E-state index in [1.807, 2.05) is 0 Å². The third-order valence-electron chi connectivity index (χ3n) is 1.21. The van der Waals surface area contributed by atoms with E-state index in [2.05, 4.69) is 28.4 Å². The molecule has 1 fully saturated rings. The molecule has 0 spiro atoms. The Balaban J connectivity index is 2.04. The van der Waals surface area contributed by atoms with Crippen LogP contribution in [-0.4, -0.2) is 16.3 Å². The highest BCUT2D eigenvalue weighted by Gasteiger charge is 2.21. The molecule has 0 aromatic heterocycles. The Morgan fingerprint density at radius 3 is 2.36 bits per heavy atom. The van der Waals surface area contributed by atoms with Gasteiger partial charge in [-0.15, -0.1) is 0 Å². The summed E-state index contributed by atoms with van der Waals surface area (Å²) in [6.07, 6.45) is 2.38. The lowest BCUT2D eigenvalue weighted by atomic mass is 10.7. The summed E-state index contributed by atoms with van der Waals surface area (Å²) < 4.78 is 0. The van der Waals surface area contributed by atoms with E-state index in [-0.39, 0.29) is 5.11 Å². The van der Waals surface area contributed by atoms with Crippen LogP contribution < -0.4 is 21.9 Å². The zero-order valence-corrected chi connectivity index (χ0v) is 7.52. The van der Waals surface area contributed by atoms with Crippen LogP contribution in [0.2, 0.25) is 0 Å². The van der Waals surface area contributed by atoms with Crippen LogP contribution in [0.1, 0.15) is 12.8 Å². The molecule has 4 nitrogen and oxygen atoms in total. The number of nitrogens with one attached hydrogen (secondary N) is 3. The summed E-state index contributed by atoms with van der Waals surface area (Å²) in [4.78, 5) is 0. The first-order valence-electron chi connectivity index (χ1n) is 3.30.